The minimum absolute atomic E-state index is 0.396. The van der Waals surface area contributed by atoms with Crippen molar-refractivity contribution < 1.29 is 18.3 Å². The Balaban J connectivity index is 2.38. The van der Waals surface area contributed by atoms with Gasteiger partial charge in [-0.2, -0.15) is 0 Å². The van der Waals surface area contributed by atoms with E-state index in [0.29, 0.717) is 22.6 Å². The molecule has 0 aliphatic rings. The number of ether oxygens (including phenoxy) is 2. The van der Waals surface area contributed by atoms with E-state index >= 15 is 0 Å². The highest BCUT2D eigenvalue weighted by atomic mass is 19.1. The molecular weight excluding hydrogens is 262 g/mol. The van der Waals surface area contributed by atoms with Crippen LogP contribution in [0.3, 0.4) is 0 Å². The van der Waals surface area contributed by atoms with Crippen molar-refractivity contribution in [1.82, 2.24) is 0 Å². The summed E-state index contributed by atoms with van der Waals surface area (Å²) in [5, 5.41) is 0. The maximum atomic E-state index is 14.0. The van der Waals surface area contributed by atoms with Crippen LogP contribution in [-0.2, 0) is 0 Å². The van der Waals surface area contributed by atoms with Gasteiger partial charge in [0, 0.05) is 18.1 Å². The summed E-state index contributed by atoms with van der Waals surface area (Å²) >= 11 is 0. The van der Waals surface area contributed by atoms with Crippen LogP contribution in [0, 0.1) is 11.6 Å². The van der Waals surface area contributed by atoms with Crippen molar-refractivity contribution in [1.29, 1.82) is 0 Å². The number of benzene rings is 2. The Morgan fingerprint density at radius 1 is 0.800 bits per heavy atom. The summed E-state index contributed by atoms with van der Waals surface area (Å²) in [5.41, 5.74) is 0.852. The molecule has 106 valence electrons. The molecule has 0 spiro atoms. The molecular formula is C16H16F2O2. The standard InChI is InChI=1S/C16H16F2O2/c1-10(13-6-4-11(19-2)8-15(13)17)14-7-5-12(20-3)9-16(14)18/h4-10H,1-3H3. The highest BCUT2D eigenvalue weighted by Crippen LogP contribution is 2.31. The Hall–Kier alpha value is -2.10. The molecule has 0 aliphatic carbocycles. The van der Waals surface area contributed by atoms with E-state index in [2.05, 4.69) is 0 Å². The van der Waals surface area contributed by atoms with E-state index in [1.807, 2.05) is 0 Å². The number of rotatable bonds is 4. The summed E-state index contributed by atoms with van der Waals surface area (Å²) < 4.78 is 38.0. The van der Waals surface area contributed by atoms with Crippen LogP contribution in [0.25, 0.3) is 0 Å². The lowest BCUT2D eigenvalue weighted by Gasteiger charge is -2.15. The molecule has 0 saturated carbocycles. The fraction of sp³-hybridized carbons (Fsp3) is 0.250. The molecule has 4 heteroatoms. The Morgan fingerprint density at radius 2 is 1.20 bits per heavy atom. The molecule has 0 atom stereocenters. The molecule has 0 amide bonds. The van der Waals surface area contributed by atoms with Gasteiger partial charge in [0.2, 0.25) is 0 Å². The van der Waals surface area contributed by atoms with Gasteiger partial charge in [0.15, 0.2) is 0 Å². The summed E-state index contributed by atoms with van der Waals surface area (Å²) in [4.78, 5) is 0. The van der Waals surface area contributed by atoms with Gasteiger partial charge in [-0.3, -0.25) is 0 Å². The second-order valence-electron chi connectivity index (χ2n) is 4.50. The molecule has 2 aromatic carbocycles. The zero-order valence-corrected chi connectivity index (χ0v) is 11.6. The molecule has 0 unspecified atom stereocenters. The molecule has 0 saturated heterocycles. The van der Waals surface area contributed by atoms with Crippen LogP contribution in [0.1, 0.15) is 24.0 Å². The van der Waals surface area contributed by atoms with Gasteiger partial charge < -0.3 is 9.47 Å². The van der Waals surface area contributed by atoms with E-state index in [1.165, 1.54) is 26.4 Å². The number of hydrogen-bond donors (Lipinski definition) is 0. The van der Waals surface area contributed by atoms with Crippen LogP contribution in [0.15, 0.2) is 36.4 Å². The molecule has 0 radical (unpaired) electrons. The molecule has 0 fully saturated rings. The SMILES string of the molecule is COc1ccc(C(C)c2ccc(OC)cc2F)c(F)c1. The zero-order valence-electron chi connectivity index (χ0n) is 11.6. The van der Waals surface area contributed by atoms with E-state index in [0.717, 1.165) is 0 Å². The van der Waals surface area contributed by atoms with Crippen LogP contribution in [0.5, 0.6) is 11.5 Å². The van der Waals surface area contributed by atoms with Gasteiger partial charge in [-0.05, 0) is 23.3 Å². The average molecular weight is 278 g/mol. The maximum Gasteiger partial charge on any atom is 0.130 e. The van der Waals surface area contributed by atoms with Gasteiger partial charge in [-0.25, -0.2) is 8.78 Å². The van der Waals surface area contributed by atoms with E-state index in [9.17, 15) is 8.78 Å². The largest absolute Gasteiger partial charge is 0.497 e. The van der Waals surface area contributed by atoms with Crippen molar-refractivity contribution in [2.45, 2.75) is 12.8 Å². The quantitative estimate of drug-likeness (QED) is 0.837. The Kier molecular flexibility index (Phi) is 4.23. The number of methoxy groups -OCH3 is 2. The lowest BCUT2D eigenvalue weighted by Crippen LogP contribution is -2.03. The molecule has 0 heterocycles. The van der Waals surface area contributed by atoms with Crippen molar-refractivity contribution in [2.75, 3.05) is 14.2 Å². The first kappa shape index (κ1) is 14.3. The summed E-state index contributed by atoms with van der Waals surface area (Å²) in [7, 11) is 2.95. The van der Waals surface area contributed by atoms with Crippen molar-refractivity contribution in [2.24, 2.45) is 0 Å². The topological polar surface area (TPSA) is 18.5 Å². The third-order valence-corrected chi connectivity index (χ3v) is 3.35. The minimum Gasteiger partial charge on any atom is -0.497 e. The Morgan fingerprint density at radius 3 is 1.50 bits per heavy atom. The summed E-state index contributed by atoms with van der Waals surface area (Å²) in [6, 6.07) is 9.15. The predicted molar refractivity (Wildman–Crippen MR) is 73.4 cm³/mol. The van der Waals surface area contributed by atoms with E-state index in [4.69, 9.17) is 9.47 Å². The number of hydrogen-bond acceptors (Lipinski definition) is 2. The van der Waals surface area contributed by atoms with Gasteiger partial charge in [0.25, 0.3) is 0 Å². The van der Waals surface area contributed by atoms with Gasteiger partial charge >= 0.3 is 0 Å². The molecule has 2 aromatic rings. The van der Waals surface area contributed by atoms with E-state index < -0.39 is 17.6 Å². The molecule has 20 heavy (non-hydrogen) atoms. The zero-order chi connectivity index (χ0) is 14.7. The van der Waals surface area contributed by atoms with Crippen LogP contribution in [0.2, 0.25) is 0 Å². The van der Waals surface area contributed by atoms with Gasteiger partial charge in [0.05, 0.1) is 14.2 Å². The van der Waals surface area contributed by atoms with Gasteiger partial charge in [0.1, 0.15) is 23.1 Å². The Bertz CT molecular complexity index is 558. The van der Waals surface area contributed by atoms with Crippen LogP contribution < -0.4 is 9.47 Å². The normalized spacial score (nSPS) is 10.7. The van der Waals surface area contributed by atoms with E-state index in [1.54, 1.807) is 31.2 Å². The van der Waals surface area contributed by atoms with Crippen molar-refractivity contribution in [3.05, 3.63) is 59.2 Å². The second-order valence-corrected chi connectivity index (χ2v) is 4.50. The fourth-order valence-electron chi connectivity index (χ4n) is 2.14. The highest BCUT2D eigenvalue weighted by Gasteiger charge is 2.17. The lowest BCUT2D eigenvalue weighted by molar-refractivity contribution is 0.409. The van der Waals surface area contributed by atoms with Crippen LogP contribution in [-0.4, -0.2) is 14.2 Å². The molecule has 2 rings (SSSR count). The van der Waals surface area contributed by atoms with E-state index in [-0.39, 0.29) is 0 Å². The third-order valence-electron chi connectivity index (χ3n) is 3.35. The fourth-order valence-corrected chi connectivity index (χ4v) is 2.14. The summed E-state index contributed by atoms with van der Waals surface area (Å²) in [6.07, 6.45) is 0. The molecule has 0 N–H and O–H groups in total. The van der Waals surface area contributed by atoms with Crippen molar-refractivity contribution >= 4 is 0 Å². The second kappa shape index (κ2) is 5.90. The lowest BCUT2D eigenvalue weighted by atomic mass is 9.92. The third kappa shape index (κ3) is 2.74. The molecule has 0 aliphatic heterocycles. The summed E-state index contributed by atoms with van der Waals surface area (Å²) in [6.45, 7) is 1.76. The highest BCUT2D eigenvalue weighted by molar-refractivity contribution is 5.39. The first-order valence-electron chi connectivity index (χ1n) is 6.23. The first-order valence-corrected chi connectivity index (χ1v) is 6.23. The Labute approximate surface area is 117 Å². The predicted octanol–water partition coefficient (Wildman–Crippen LogP) is 4.13. The average Bonchev–Trinajstić information content (AvgIpc) is 2.46. The van der Waals surface area contributed by atoms with Gasteiger partial charge in [-0.15, -0.1) is 0 Å². The monoisotopic (exact) mass is 278 g/mol. The van der Waals surface area contributed by atoms with Crippen molar-refractivity contribution in [3.63, 3.8) is 0 Å². The van der Waals surface area contributed by atoms with Crippen molar-refractivity contribution in [3.8, 4) is 11.5 Å². The first-order chi connectivity index (χ1) is 9.56. The molecule has 0 aromatic heterocycles. The maximum absolute atomic E-state index is 14.0. The minimum atomic E-state index is -0.410. The molecule has 2 nitrogen and oxygen atoms in total. The van der Waals surface area contributed by atoms with Gasteiger partial charge in [-0.1, -0.05) is 19.1 Å². The van der Waals surface area contributed by atoms with Crippen LogP contribution in [0.4, 0.5) is 8.78 Å². The summed E-state index contributed by atoms with van der Waals surface area (Å²) in [5.74, 6) is -0.340. The smallest absolute Gasteiger partial charge is 0.130 e. The number of halogens is 2. The van der Waals surface area contributed by atoms with Crippen LogP contribution >= 0.6 is 0 Å². The molecule has 0 bridgehead atoms.